The number of benzene rings is 1. The normalized spacial score (nSPS) is 17.2. The molecule has 0 bridgehead atoms. The van der Waals surface area contributed by atoms with Gasteiger partial charge in [-0.15, -0.1) is 11.3 Å². The van der Waals surface area contributed by atoms with Gasteiger partial charge in [-0.1, -0.05) is 11.6 Å². The number of thiazole rings is 1. The Morgan fingerprint density at radius 3 is 3.04 bits per heavy atom. The number of aromatic nitrogens is 1. The second-order valence-corrected chi connectivity index (χ2v) is 8.75. The summed E-state index contributed by atoms with van der Waals surface area (Å²) >= 11 is 8.70. The molecule has 10 heteroatoms. The molecule has 1 aromatic carbocycles. The first-order chi connectivity index (χ1) is 13.6. The van der Waals surface area contributed by atoms with Gasteiger partial charge >= 0.3 is 0 Å². The molecule has 6 nitrogen and oxygen atoms in total. The van der Waals surface area contributed by atoms with E-state index in [1.165, 1.54) is 17.4 Å². The van der Waals surface area contributed by atoms with Crippen LogP contribution in [0.15, 0.2) is 28.6 Å². The zero-order chi connectivity index (χ0) is 19.8. The van der Waals surface area contributed by atoms with Crippen LogP contribution in [0.2, 0.25) is 5.02 Å². The number of nitrogens with zero attached hydrogens (tertiary/aromatic N) is 2. The van der Waals surface area contributed by atoms with Crippen LogP contribution in [0.4, 0.5) is 15.2 Å². The molecule has 4 N–H and O–H groups in total. The minimum absolute atomic E-state index is 0.219. The number of rotatable bonds is 11. The molecule has 1 aliphatic heterocycles. The summed E-state index contributed by atoms with van der Waals surface area (Å²) in [5.74, 6) is -0.364. The van der Waals surface area contributed by atoms with Crippen molar-refractivity contribution in [1.82, 2.24) is 9.88 Å². The molecule has 1 atom stereocenters. The number of hydrogen-bond acceptors (Lipinski definition) is 8. The number of anilines is 2. The van der Waals surface area contributed by atoms with Crippen molar-refractivity contribution < 1.29 is 8.57 Å². The van der Waals surface area contributed by atoms with Crippen molar-refractivity contribution in [2.24, 2.45) is 5.73 Å². The van der Waals surface area contributed by atoms with Crippen molar-refractivity contribution in [3.05, 3.63) is 34.5 Å². The number of hydrogen-bond donors (Lipinski definition) is 3. The van der Waals surface area contributed by atoms with E-state index in [4.69, 9.17) is 21.5 Å². The Hall–Kier alpha value is -1.10. The molecule has 0 amide bonds. The summed E-state index contributed by atoms with van der Waals surface area (Å²) in [7, 11) is 0. The summed E-state index contributed by atoms with van der Waals surface area (Å²) in [5, 5.41) is 9.30. The van der Waals surface area contributed by atoms with Crippen molar-refractivity contribution in [2.75, 3.05) is 43.5 Å². The van der Waals surface area contributed by atoms with Crippen molar-refractivity contribution in [3.8, 4) is 0 Å². The van der Waals surface area contributed by atoms with Crippen LogP contribution in [0.5, 0.6) is 0 Å². The lowest BCUT2D eigenvalue weighted by Crippen LogP contribution is -2.27. The van der Waals surface area contributed by atoms with Gasteiger partial charge in [0.1, 0.15) is 12.5 Å². The van der Waals surface area contributed by atoms with Gasteiger partial charge in [-0.3, -0.25) is 4.18 Å². The first kappa shape index (κ1) is 21.6. The van der Waals surface area contributed by atoms with E-state index in [1.54, 1.807) is 12.3 Å². The molecule has 2 aromatic rings. The highest BCUT2D eigenvalue weighted by atomic mass is 35.5. The number of likely N-dealkylation sites (tertiary alicyclic amines) is 1. The molecule has 1 fully saturated rings. The maximum absolute atomic E-state index is 14.3. The molecule has 0 saturated carbocycles. The molecule has 0 radical (unpaired) electrons. The Kier molecular flexibility index (Phi) is 8.63. The summed E-state index contributed by atoms with van der Waals surface area (Å²) < 4.78 is 19.7. The second-order valence-electron chi connectivity index (χ2n) is 6.61. The monoisotopic (exact) mass is 445 g/mol. The summed E-state index contributed by atoms with van der Waals surface area (Å²) in [6.07, 6.45) is 4.86. The summed E-state index contributed by atoms with van der Waals surface area (Å²) in [6, 6.07) is 3.32. The Balaban J connectivity index is 1.36. The number of halogens is 2. The third-order valence-corrected chi connectivity index (χ3v) is 6.18. The van der Waals surface area contributed by atoms with Gasteiger partial charge in [0.05, 0.1) is 15.6 Å². The summed E-state index contributed by atoms with van der Waals surface area (Å²) in [5.41, 5.74) is 6.52. The molecule has 1 saturated heterocycles. The predicted octanol–water partition coefficient (Wildman–Crippen LogP) is 4.25. The molecule has 0 spiro atoms. The third-order valence-electron chi connectivity index (χ3n) is 4.41. The van der Waals surface area contributed by atoms with E-state index in [9.17, 15) is 4.39 Å². The summed E-state index contributed by atoms with van der Waals surface area (Å²) in [4.78, 5) is 6.82. The minimum Gasteiger partial charge on any atom is -0.384 e. The van der Waals surface area contributed by atoms with E-state index in [2.05, 4.69) is 20.5 Å². The van der Waals surface area contributed by atoms with Gasteiger partial charge in [0, 0.05) is 42.8 Å². The maximum Gasteiger partial charge on any atom is 0.184 e. The van der Waals surface area contributed by atoms with Gasteiger partial charge in [0.2, 0.25) is 0 Å². The van der Waals surface area contributed by atoms with Crippen molar-refractivity contribution in [3.63, 3.8) is 0 Å². The van der Waals surface area contributed by atoms with Crippen molar-refractivity contribution >= 4 is 45.8 Å². The van der Waals surface area contributed by atoms with Gasteiger partial charge in [0.15, 0.2) is 5.13 Å². The van der Waals surface area contributed by atoms with Gasteiger partial charge < -0.3 is 21.3 Å². The maximum atomic E-state index is 14.3. The highest BCUT2D eigenvalue weighted by Gasteiger charge is 2.17. The van der Waals surface area contributed by atoms with E-state index in [-0.39, 0.29) is 12.5 Å². The fourth-order valence-corrected chi connectivity index (χ4v) is 4.33. The molecular weight excluding hydrogens is 421 g/mol. The lowest BCUT2D eigenvalue weighted by Gasteiger charge is -2.15. The summed E-state index contributed by atoms with van der Waals surface area (Å²) in [6.45, 7) is 4.10. The van der Waals surface area contributed by atoms with E-state index < -0.39 is 0 Å². The fourth-order valence-electron chi connectivity index (χ4n) is 2.97. The van der Waals surface area contributed by atoms with E-state index >= 15 is 0 Å². The SMILES string of the molecule is N[C@H]1CCN(CCCCNc2cc(F)c(SOCNc3nccs3)cc2Cl)C1. The lowest BCUT2D eigenvalue weighted by atomic mass is 10.2. The van der Waals surface area contributed by atoms with Crippen LogP contribution in [0.3, 0.4) is 0 Å². The third kappa shape index (κ3) is 6.75. The Morgan fingerprint density at radius 1 is 1.39 bits per heavy atom. The molecule has 2 heterocycles. The van der Waals surface area contributed by atoms with Crippen LogP contribution in [-0.2, 0) is 4.18 Å². The number of unbranched alkanes of at least 4 members (excludes halogenated alkanes) is 1. The van der Waals surface area contributed by atoms with Crippen LogP contribution in [0, 0.1) is 5.82 Å². The Bertz CT molecular complexity index is 737. The predicted molar refractivity (Wildman–Crippen MR) is 116 cm³/mol. The minimum atomic E-state index is -0.364. The van der Waals surface area contributed by atoms with Gasteiger partial charge in [-0.05, 0) is 44.5 Å². The van der Waals surface area contributed by atoms with Crippen LogP contribution in [-0.4, -0.2) is 48.8 Å². The van der Waals surface area contributed by atoms with Crippen molar-refractivity contribution in [2.45, 2.75) is 30.2 Å². The standard InChI is InChI=1S/C18H25ClFN5OS2/c19-14-9-17(28-26-12-24-18-23-5-8-27-18)15(20)10-16(14)22-4-1-2-6-25-7-3-13(21)11-25/h5,8-10,13,22H,1-4,6-7,11-12,21H2,(H,23,24)/t13-/m0/s1. The first-order valence-corrected chi connectivity index (χ1v) is 11.3. The van der Waals surface area contributed by atoms with Gasteiger partial charge in [-0.2, -0.15) is 0 Å². The lowest BCUT2D eigenvalue weighted by molar-refractivity contribution is 0.327. The zero-order valence-corrected chi connectivity index (χ0v) is 17.9. The molecular formula is C18H25ClFN5OS2. The molecule has 28 heavy (non-hydrogen) atoms. The molecule has 154 valence electrons. The van der Waals surface area contributed by atoms with Crippen molar-refractivity contribution in [1.29, 1.82) is 0 Å². The molecule has 1 aliphatic rings. The zero-order valence-electron chi connectivity index (χ0n) is 15.5. The van der Waals surface area contributed by atoms with E-state index in [1.807, 2.05) is 5.38 Å². The van der Waals surface area contributed by atoms with Gasteiger partial charge in [0.25, 0.3) is 0 Å². The van der Waals surface area contributed by atoms with E-state index in [0.29, 0.717) is 21.6 Å². The van der Waals surface area contributed by atoms with Crippen LogP contribution in [0.25, 0.3) is 0 Å². The molecule has 3 rings (SSSR count). The highest BCUT2D eigenvalue weighted by Crippen LogP contribution is 2.31. The molecule has 0 unspecified atom stereocenters. The topological polar surface area (TPSA) is 75.4 Å². The van der Waals surface area contributed by atoms with Crippen LogP contribution in [0.1, 0.15) is 19.3 Å². The molecule has 0 aliphatic carbocycles. The Morgan fingerprint density at radius 2 is 2.29 bits per heavy atom. The van der Waals surface area contributed by atoms with Crippen LogP contribution < -0.4 is 16.4 Å². The average molecular weight is 446 g/mol. The Labute approximate surface area is 178 Å². The smallest absolute Gasteiger partial charge is 0.184 e. The van der Waals surface area contributed by atoms with Gasteiger partial charge in [-0.25, -0.2) is 9.37 Å². The van der Waals surface area contributed by atoms with Crippen LogP contribution >= 0.6 is 35.0 Å². The quantitative estimate of drug-likeness (QED) is 0.271. The highest BCUT2D eigenvalue weighted by molar-refractivity contribution is 7.94. The first-order valence-electron chi connectivity index (χ1n) is 9.25. The average Bonchev–Trinajstić information content (AvgIpc) is 3.33. The fraction of sp³-hybridized carbons (Fsp3) is 0.500. The number of nitrogens with two attached hydrogens (primary N) is 1. The number of nitrogens with one attached hydrogen (secondary N) is 2. The second kappa shape index (κ2) is 11.2. The molecule has 1 aromatic heterocycles. The van der Waals surface area contributed by atoms with E-state index in [0.717, 1.165) is 62.6 Å². The largest absolute Gasteiger partial charge is 0.384 e.